The molecule has 1 unspecified atom stereocenters. The van der Waals surface area contributed by atoms with E-state index in [1.807, 2.05) is 6.07 Å². The lowest BCUT2D eigenvalue weighted by atomic mass is 10.0. The molecule has 2 aromatic rings. The molecule has 0 aliphatic rings. The van der Waals surface area contributed by atoms with Gasteiger partial charge < -0.3 is 14.8 Å². The Labute approximate surface area is 172 Å². The summed E-state index contributed by atoms with van der Waals surface area (Å²) < 4.78 is 10.4. The van der Waals surface area contributed by atoms with Gasteiger partial charge in [-0.1, -0.05) is 29.8 Å². The van der Waals surface area contributed by atoms with E-state index in [4.69, 9.17) is 21.1 Å². The summed E-state index contributed by atoms with van der Waals surface area (Å²) in [5, 5.41) is 16.5. The quantitative estimate of drug-likeness (QED) is 0.363. The predicted molar refractivity (Wildman–Crippen MR) is 107 cm³/mol. The highest BCUT2D eigenvalue weighted by molar-refractivity contribution is 6.31. The normalized spacial score (nSPS) is 12.5. The summed E-state index contributed by atoms with van der Waals surface area (Å²) in [5.74, 6) is -0.672. The van der Waals surface area contributed by atoms with Gasteiger partial charge in [-0.3, -0.25) is 20.2 Å². The fourth-order valence-electron chi connectivity index (χ4n) is 2.38. The number of carbonyl (C=O) groups excluding carboxylic acids is 2. The molecule has 10 heteroatoms. The number of anilines is 1. The first kappa shape index (κ1) is 22.1. The van der Waals surface area contributed by atoms with Crippen LogP contribution in [-0.2, 0) is 14.3 Å². The van der Waals surface area contributed by atoms with Gasteiger partial charge in [-0.05, 0) is 31.2 Å². The number of hydrogen-bond acceptors (Lipinski definition) is 7. The number of nitrogens with one attached hydrogen (secondary N) is 2. The zero-order valence-corrected chi connectivity index (χ0v) is 16.6. The van der Waals surface area contributed by atoms with Crippen molar-refractivity contribution in [1.29, 1.82) is 0 Å². The van der Waals surface area contributed by atoms with E-state index < -0.39 is 22.3 Å². The van der Waals surface area contributed by atoms with Gasteiger partial charge in [0.1, 0.15) is 23.6 Å². The number of methoxy groups -OCH3 is 1. The highest BCUT2D eigenvalue weighted by atomic mass is 35.5. The fraction of sp³-hybridized carbons (Fsp3) is 0.263. The van der Waals surface area contributed by atoms with E-state index in [2.05, 4.69) is 10.6 Å². The number of para-hydroxylation sites is 1. The first-order valence-corrected chi connectivity index (χ1v) is 8.88. The van der Waals surface area contributed by atoms with Gasteiger partial charge in [-0.15, -0.1) is 0 Å². The summed E-state index contributed by atoms with van der Waals surface area (Å²) in [6, 6.07) is 12.7. The number of amides is 1. The van der Waals surface area contributed by atoms with Gasteiger partial charge in [0.2, 0.25) is 5.91 Å². The Balaban J connectivity index is 2.04. The Hall–Kier alpha value is -3.17. The Bertz CT molecular complexity index is 893. The van der Waals surface area contributed by atoms with Crippen molar-refractivity contribution in [3.63, 3.8) is 0 Å². The maximum absolute atomic E-state index is 12.3. The molecule has 0 fully saturated rings. The van der Waals surface area contributed by atoms with E-state index in [0.29, 0.717) is 5.75 Å². The van der Waals surface area contributed by atoms with Crippen molar-refractivity contribution in [1.82, 2.24) is 5.32 Å². The molecule has 1 atom stereocenters. The molecule has 0 saturated carbocycles. The number of esters is 1. The molecule has 2 aromatic carbocycles. The number of rotatable bonds is 9. The van der Waals surface area contributed by atoms with Crippen LogP contribution in [0.3, 0.4) is 0 Å². The molecule has 2 N–H and O–H groups in total. The number of halogens is 1. The van der Waals surface area contributed by atoms with Crippen LogP contribution in [0.15, 0.2) is 48.5 Å². The summed E-state index contributed by atoms with van der Waals surface area (Å²) in [6.45, 7) is 1.11. The third-order valence-corrected chi connectivity index (χ3v) is 4.21. The summed E-state index contributed by atoms with van der Waals surface area (Å²) in [5.41, 5.74) is -1.67. The number of hydrogen-bond donors (Lipinski definition) is 2. The summed E-state index contributed by atoms with van der Waals surface area (Å²) in [6.07, 6.45) is 0. The maximum Gasteiger partial charge on any atom is 0.329 e. The average Bonchev–Trinajstić information content (AvgIpc) is 2.72. The monoisotopic (exact) mass is 421 g/mol. The van der Waals surface area contributed by atoms with Crippen molar-refractivity contribution >= 4 is 34.9 Å². The van der Waals surface area contributed by atoms with Crippen molar-refractivity contribution in [3.05, 3.63) is 63.7 Å². The molecule has 0 spiro atoms. The summed E-state index contributed by atoms with van der Waals surface area (Å²) in [7, 11) is 1.22. The molecule has 0 heterocycles. The molecule has 1 amide bonds. The Morgan fingerprint density at radius 3 is 2.52 bits per heavy atom. The van der Waals surface area contributed by atoms with Gasteiger partial charge in [-0.2, -0.15) is 0 Å². The summed E-state index contributed by atoms with van der Waals surface area (Å²) in [4.78, 5) is 35.0. The lowest BCUT2D eigenvalue weighted by molar-refractivity contribution is -0.383. The van der Waals surface area contributed by atoms with E-state index in [9.17, 15) is 19.7 Å². The Kier molecular flexibility index (Phi) is 7.52. The van der Waals surface area contributed by atoms with E-state index in [-0.39, 0.29) is 29.5 Å². The van der Waals surface area contributed by atoms with Crippen LogP contribution in [0, 0.1) is 10.1 Å². The second-order valence-corrected chi connectivity index (χ2v) is 6.68. The van der Waals surface area contributed by atoms with Gasteiger partial charge in [0, 0.05) is 11.1 Å². The van der Waals surface area contributed by atoms with Crippen LogP contribution >= 0.6 is 11.6 Å². The lowest BCUT2D eigenvalue weighted by Crippen LogP contribution is -2.56. The van der Waals surface area contributed by atoms with Gasteiger partial charge in [0.25, 0.3) is 5.69 Å². The highest BCUT2D eigenvalue weighted by Gasteiger charge is 2.36. The van der Waals surface area contributed by atoms with Crippen LogP contribution in [0.1, 0.15) is 6.92 Å². The van der Waals surface area contributed by atoms with Gasteiger partial charge in [0.05, 0.1) is 18.6 Å². The SMILES string of the molecule is COC(=O)C(C)(COc1ccccc1)NCC(=O)Nc1ccc(Cl)cc1[N+](=O)[O-]. The molecule has 29 heavy (non-hydrogen) atoms. The first-order chi connectivity index (χ1) is 13.7. The minimum absolute atomic E-state index is 0.00786. The number of nitrogens with zero attached hydrogens (tertiary/aromatic N) is 1. The van der Waals surface area contributed by atoms with Crippen molar-refractivity contribution in [2.45, 2.75) is 12.5 Å². The van der Waals surface area contributed by atoms with Gasteiger partial charge in [0.15, 0.2) is 0 Å². The Morgan fingerprint density at radius 1 is 1.21 bits per heavy atom. The molecule has 0 radical (unpaired) electrons. The minimum Gasteiger partial charge on any atom is -0.491 e. The third-order valence-electron chi connectivity index (χ3n) is 3.98. The van der Waals surface area contributed by atoms with Crippen molar-refractivity contribution < 1.29 is 24.0 Å². The molecule has 2 rings (SSSR count). The van der Waals surface area contributed by atoms with Crippen molar-refractivity contribution in [3.8, 4) is 5.75 Å². The van der Waals surface area contributed by atoms with Crippen LogP contribution < -0.4 is 15.4 Å². The van der Waals surface area contributed by atoms with E-state index >= 15 is 0 Å². The molecular weight excluding hydrogens is 402 g/mol. The van der Waals surface area contributed by atoms with Crippen LogP contribution in [-0.4, -0.2) is 42.6 Å². The van der Waals surface area contributed by atoms with Crippen LogP contribution in [0.2, 0.25) is 5.02 Å². The second-order valence-electron chi connectivity index (χ2n) is 6.25. The highest BCUT2D eigenvalue weighted by Crippen LogP contribution is 2.27. The lowest BCUT2D eigenvalue weighted by Gasteiger charge is -2.27. The number of nitro benzene ring substituents is 1. The number of carbonyl (C=O) groups is 2. The van der Waals surface area contributed by atoms with Crippen LogP contribution in [0.25, 0.3) is 0 Å². The van der Waals surface area contributed by atoms with Gasteiger partial charge >= 0.3 is 5.97 Å². The number of benzene rings is 2. The number of ether oxygens (including phenoxy) is 2. The number of nitro groups is 1. The average molecular weight is 422 g/mol. The molecule has 0 aromatic heterocycles. The predicted octanol–water partition coefficient (Wildman–Crippen LogP) is 2.79. The molecular formula is C19H20ClN3O6. The van der Waals surface area contributed by atoms with Crippen LogP contribution in [0.4, 0.5) is 11.4 Å². The Morgan fingerprint density at radius 2 is 1.90 bits per heavy atom. The maximum atomic E-state index is 12.3. The second kappa shape index (κ2) is 9.85. The van der Waals surface area contributed by atoms with Crippen LogP contribution in [0.5, 0.6) is 5.75 Å². The standard InChI is InChI=1S/C19H20ClN3O6/c1-19(18(25)28-2,12-29-14-6-4-3-5-7-14)21-11-17(24)22-15-9-8-13(20)10-16(15)23(26)27/h3-10,21H,11-12H2,1-2H3,(H,22,24). The zero-order valence-electron chi connectivity index (χ0n) is 15.8. The molecule has 0 aliphatic carbocycles. The van der Waals surface area contributed by atoms with E-state index in [1.165, 1.54) is 26.2 Å². The van der Waals surface area contributed by atoms with E-state index in [1.54, 1.807) is 24.3 Å². The summed E-state index contributed by atoms with van der Waals surface area (Å²) >= 11 is 5.76. The van der Waals surface area contributed by atoms with Gasteiger partial charge in [-0.25, -0.2) is 4.79 Å². The first-order valence-electron chi connectivity index (χ1n) is 8.50. The molecule has 0 bridgehead atoms. The fourth-order valence-corrected chi connectivity index (χ4v) is 2.55. The third kappa shape index (κ3) is 6.16. The van der Waals surface area contributed by atoms with Crippen molar-refractivity contribution in [2.75, 3.05) is 25.6 Å². The molecule has 0 saturated heterocycles. The smallest absolute Gasteiger partial charge is 0.329 e. The zero-order chi connectivity index (χ0) is 21.4. The molecule has 154 valence electrons. The largest absolute Gasteiger partial charge is 0.491 e. The minimum atomic E-state index is -1.33. The molecule has 9 nitrogen and oxygen atoms in total. The van der Waals surface area contributed by atoms with E-state index in [0.717, 1.165) is 6.07 Å². The topological polar surface area (TPSA) is 120 Å². The molecule has 0 aliphatic heterocycles. The van der Waals surface area contributed by atoms with Crippen molar-refractivity contribution in [2.24, 2.45) is 0 Å².